The molecule has 0 saturated carbocycles. The first-order valence-corrected chi connectivity index (χ1v) is 5.60. The van der Waals surface area contributed by atoms with E-state index in [1.807, 2.05) is 4.90 Å². The van der Waals surface area contributed by atoms with Crippen LogP contribution in [0.1, 0.15) is 0 Å². The van der Waals surface area contributed by atoms with Crippen molar-refractivity contribution in [1.82, 2.24) is 4.98 Å². The Morgan fingerprint density at radius 3 is 2.75 bits per heavy atom. The molecule has 1 saturated heterocycles. The second-order valence-corrected chi connectivity index (χ2v) is 4.20. The van der Waals surface area contributed by atoms with Gasteiger partial charge in [-0.3, -0.25) is 10.1 Å². The summed E-state index contributed by atoms with van der Waals surface area (Å²) in [4.78, 5) is 16.3. The minimum absolute atomic E-state index is 0.0167. The molecule has 1 aliphatic heterocycles. The lowest BCUT2D eigenvalue weighted by atomic mass is 10.3. The Balaban J connectivity index is 2.23. The monoisotopic (exact) mass is 287 g/mol. The number of nitro groups is 1. The smallest absolute Gasteiger partial charge is 0.301 e. The van der Waals surface area contributed by atoms with Gasteiger partial charge in [0.25, 0.3) is 0 Å². The van der Waals surface area contributed by atoms with Gasteiger partial charge in [-0.2, -0.15) is 0 Å². The third-order valence-electron chi connectivity index (χ3n) is 2.35. The third-order valence-corrected chi connectivity index (χ3v) is 2.99. The second-order valence-electron chi connectivity index (χ2n) is 3.35. The van der Waals surface area contributed by atoms with Gasteiger partial charge in [0.15, 0.2) is 0 Å². The van der Waals surface area contributed by atoms with E-state index in [2.05, 4.69) is 20.9 Å². The predicted octanol–water partition coefficient (Wildman–Crippen LogP) is 1.59. The minimum atomic E-state index is -0.458. The highest BCUT2D eigenvalue weighted by Gasteiger charge is 2.17. The summed E-state index contributed by atoms with van der Waals surface area (Å²) in [5.41, 5.74) is -0.0167. The zero-order valence-corrected chi connectivity index (χ0v) is 10.0. The van der Waals surface area contributed by atoms with Crippen LogP contribution in [-0.4, -0.2) is 36.2 Å². The lowest BCUT2D eigenvalue weighted by Gasteiger charge is -2.27. The molecule has 7 heteroatoms. The molecule has 0 aliphatic carbocycles. The van der Waals surface area contributed by atoms with Crippen molar-refractivity contribution in [3.8, 4) is 0 Å². The average Bonchev–Trinajstić information content (AvgIpc) is 2.29. The van der Waals surface area contributed by atoms with E-state index >= 15 is 0 Å². The number of hydrogen-bond donors (Lipinski definition) is 0. The van der Waals surface area contributed by atoms with Crippen molar-refractivity contribution in [1.29, 1.82) is 0 Å². The zero-order valence-electron chi connectivity index (χ0n) is 8.43. The molecule has 6 nitrogen and oxygen atoms in total. The van der Waals surface area contributed by atoms with Crippen molar-refractivity contribution in [3.05, 3.63) is 26.9 Å². The van der Waals surface area contributed by atoms with E-state index in [4.69, 9.17) is 4.74 Å². The maximum Gasteiger partial charge on any atom is 0.301 e. The molecule has 1 aromatic rings. The van der Waals surface area contributed by atoms with Gasteiger partial charge >= 0.3 is 5.69 Å². The number of morpholine rings is 1. The molecule has 1 fully saturated rings. The molecule has 0 N–H and O–H groups in total. The van der Waals surface area contributed by atoms with Gasteiger partial charge in [-0.1, -0.05) is 0 Å². The van der Waals surface area contributed by atoms with Gasteiger partial charge < -0.3 is 9.64 Å². The molecule has 0 radical (unpaired) electrons. The molecule has 0 aromatic carbocycles. The molecular weight excluding hydrogens is 278 g/mol. The summed E-state index contributed by atoms with van der Waals surface area (Å²) < 4.78 is 5.68. The van der Waals surface area contributed by atoms with Crippen molar-refractivity contribution in [2.24, 2.45) is 0 Å². The molecular formula is C9H10BrN3O3. The first-order valence-electron chi connectivity index (χ1n) is 4.81. The van der Waals surface area contributed by atoms with E-state index in [-0.39, 0.29) is 5.69 Å². The van der Waals surface area contributed by atoms with E-state index in [1.165, 1.54) is 6.20 Å². The number of halogens is 1. The normalized spacial score (nSPS) is 16.2. The van der Waals surface area contributed by atoms with Crippen LogP contribution in [0, 0.1) is 10.1 Å². The quantitative estimate of drug-likeness (QED) is 0.610. The number of nitrogens with zero attached hydrogens (tertiary/aromatic N) is 3. The maximum atomic E-state index is 10.6. The van der Waals surface area contributed by atoms with Crippen LogP contribution in [0.2, 0.25) is 0 Å². The minimum Gasteiger partial charge on any atom is -0.378 e. The fourth-order valence-electron chi connectivity index (χ4n) is 1.51. The topological polar surface area (TPSA) is 68.5 Å². The summed E-state index contributed by atoms with van der Waals surface area (Å²) in [6.07, 6.45) is 1.27. The van der Waals surface area contributed by atoms with E-state index in [0.717, 1.165) is 18.9 Å². The van der Waals surface area contributed by atoms with Gasteiger partial charge in [0.2, 0.25) is 0 Å². The molecule has 0 unspecified atom stereocenters. The first-order chi connectivity index (χ1) is 7.68. The molecule has 2 rings (SSSR count). The summed E-state index contributed by atoms with van der Waals surface area (Å²) in [5, 5.41) is 10.6. The number of pyridine rings is 1. The lowest BCUT2D eigenvalue weighted by molar-refractivity contribution is -0.386. The molecule has 2 heterocycles. The van der Waals surface area contributed by atoms with Crippen molar-refractivity contribution in [2.45, 2.75) is 0 Å². The third kappa shape index (κ3) is 2.30. The molecule has 0 atom stereocenters. The van der Waals surface area contributed by atoms with E-state index in [9.17, 15) is 10.1 Å². The molecule has 0 amide bonds. The van der Waals surface area contributed by atoms with E-state index in [0.29, 0.717) is 17.7 Å². The van der Waals surface area contributed by atoms with Gasteiger partial charge in [-0.05, 0) is 15.9 Å². The highest BCUT2D eigenvalue weighted by molar-refractivity contribution is 9.10. The van der Waals surface area contributed by atoms with E-state index < -0.39 is 4.92 Å². The summed E-state index contributed by atoms with van der Waals surface area (Å²) >= 11 is 3.17. The number of aromatic nitrogens is 1. The number of anilines is 1. The SMILES string of the molecule is O=[N+]([O-])c1cnc(N2CCOCC2)cc1Br. The fourth-order valence-corrected chi connectivity index (χ4v) is 1.97. The Morgan fingerprint density at radius 1 is 1.50 bits per heavy atom. The van der Waals surface area contributed by atoms with Crippen molar-refractivity contribution in [3.63, 3.8) is 0 Å². The summed E-state index contributed by atoms with van der Waals surface area (Å²) in [6, 6.07) is 1.67. The molecule has 0 bridgehead atoms. The Kier molecular flexibility index (Phi) is 3.35. The summed E-state index contributed by atoms with van der Waals surface area (Å²) in [6.45, 7) is 2.85. The van der Waals surface area contributed by atoms with Gasteiger partial charge in [-0.25, -0.2) is 4.98 Å². The van der Waals surface area contributed by atoms with Crippen molar-refractivity contribution >= 4 is 27.4 Å². The Labute approximate surface area is 100 Å². The van der Waals surface area contributed by atoms with Crippen LogP contribution in [0.4, 0.5) is 11.5 Å². The van der Waals surface area contributed by atoms with Crippen LogP contribution in [-0.2, 0) is 4.74 Å². The lowest BCUT2D eigenvalue weighted by Crippen LogP contribution is -2.36. The van der Waals surface area contributed by atoms with Crippen LogP contribution in [0.3, 0.4) is 0 Å². The Bertz CT molecular complexity index is 407. The van der Waals surface area contributed by atoms with Gasteiger partial charge in [-0.15, -0.1) is 0 Å². The fraction of sp³-hybridized carbons (Fsp3) is 0.444. The predicted molar refractivity (Wildman–Crippen MR) is 61.6 cm³/mol. The highest BCUT2D eigenvalue weighted by atomic mass is 79.9. The van der Waals surface area contributed by atoms with Crippen molar-refractivity contribution < 1.29 is 9.66 Å². The Hall–Kier alpha value is -1.21. The number of ether oxygens (including phenoxy) is 1. The van der Waals surface area contributed by atoms with Crippen LogP contribution in [0.5, 0.6) is 0 Å². The van der Waals surface area contributed by atoms with Gasteiger partial charge in [0.1, 0.15) is 16.5 Å². The second kappa shape index (κ2) is 4.75. The summed E-state index contributed by atoms with van der Waals surface area (Å²) in [5.74, 6) is 0.737. The van der Waals surface area contributed by atoms with E-state index in [1.54, 1.807) is 6.07 Å². The van der Waals surface area contributed by atoms with Gasteiger partial charge in [0, 0.05) is 19.2 Å². The van der Waals surface area contributed by atoms with Crippen LogP contribution in [0.15, 0.2) is 16.7 Å². The van der Waals surface area contributed by atoms with Crippen LogP contribution in [0.25, 0.3) is 0 Å². The summed E-state index contributed by atoms with van der Waals surface area (Å²) in [7, 11) is 0. The Morgan fingerprint density at radius 2 is 2.19 bits per heavy atom. The molecule has 16 heavy (non-hydrogen) atoms. The number of rotatable bonds is 2. The first kappa shape index (κ1) is 11.3. The molecule has 86 valence electrons. The molecule has 1 aromatic heterocycles. The van der Waals surface area contributed by atoms with Crippen molar-refractivity contribution in [2.75, 3.05) is 31.2 Å². The number of hydrogen-bond acceptors (Lipinski definition) is 5. The standard InChI is InChI=1S/C9H10BrN3O3/c10-7-5-9(11-6-8(7)13(14)15)12-1-3-16-4-2-12/h5-6H,1-4H2. The molecule has 0 spiro atoms. The maximum absolute atomic E-state index is 10.6. The van der Waals surface area contributed by atoms with Gasteiger partial charge in [0.05, 0.1) is 18.1 Å². The largest absolute Gasteiger partial charge is 0.378 e. The molecule has 1 aliphatic rings. The van der Waals surface area contributed by atoms with Crippen LogP contribution < -0.4 is 4.90 Å². The average molecular weight is 288 g/mol. The van der Waals surface area contributed by atoms with Crippen LogP contribution >= 0.6 is 15.9 Å². The highest BCUT2D eigenvalue weighted by Crippen LogP contribution is 2.27. The zero-order chi connectivity index (χ0) is 11.5.